The summed E-state index contributed by atoms with van der Waals surface area (Å²) in [6.45, 7) is 3.98. The molecule has 0 saturated carbocycles. The van der Waals surface area contributed by atoms with Crippen molar-refractivity contribution in [2.24, 2.45) is 0 Å². The van der Waals surface area contributed by atoms with Gasteiger partial charge in [-0.15, -0.1) is 0 Å². The molecule has 0 atom stereocenters. The molecule has 0 radical (unpaired) electrons. The average molecular weight is 373 g/mol. The van der Waals surface area contributed by atoms with E-state index in [1.165, 1.54) is 6.08 Å². The highest BCUT2D eigenvalue weighted by molar-refractivity contribution is 6.44. The Morgan fingerprint density at radius 3 is 2.60 bits per heavy atom. The predicted molar refractivity (Wildman–Crippen MR) is 101 cm³/mol. The lowest BCUT2D eigenvalue weighted by atomic mass is 10.1. The van der Waals surface area contributed by atoms with Crippen molar-refractivity contribution in [3.63, 3.8) is 0 Å². The van der Waals surface area contributed by atoms with E-state index in [0.717, 1.165) is 0 Å². The van der Waals surface area contributed by atoms with Gasteiger partial charge in [0.1, 0.15) is 24.0 Å². The van der Waals surface area contributed by atoms with E-state index in [1.54, 1.807) is 48.5 Å². The number of hydrogen-bond acceptors (Lipinski definition) is 3. The Labute approximate surface area is 155 Å². The number of nitrogens with one attached hydrogen (secondary N) is 1. The molecule has 0 heterocycles. The Hall–Kier alpha value is -2.74. The summed E-state index contributed by atoms with van der Waals surface area (Å²) in [5.41, 5.74) is 0.971. The van der Waals surface area contributed by atoms with Crippen molar-refractivity contribution in [1.29, 1.82) is 5.26 Å². The van der Waals surface area contributed by atoms with Crippen molar-refractivity contribution in [1.82, 2.24) is 0 Å². The van der Waals surface area contributed by atoms with E-state index in [0.29, 0.717) is 28.6 Å². The lowest BCUT2D eigenvalue weighted by molar-refractivity contribution is -0.112. The second-order valence-corrected chi connectivity index (χ2v) is 5.68. The second kappa shape index (κ2) is 8.93. The van der Waals surface area contributed by atoms with E-state index in [2.05, 4.69) is 11.9 Å². The van der Waals surface area contributed by atoms with Crippen LogP contribution in [0.2, 0.25) is 10.0 Å². The molecule has 0 saturated heterocycles. The number of nitrogens with zero attached hydrogens (tertiary/aromatic N) is 1. The lowest BCUT2D eigenvalue weighted by Crippen LogP contribution is -2.13. The maximum atomic E-state index is 12.3. The van der Waals surface area contributed by atoms with Crippen molar-refractivity contribution in [2.75, 3.05) is 11.9 Å². The Bertz CT molecular complexity index is 853. The first-order valence-corrected chi connectivity index (χ1v) is 8.01. The number of carbonyl (C=O) groups is 1. The van der Waals surface area contributed by atoms with Gasteiger partial charge in [0, 0.05) is 0 Å². The standard InChI is InChI=1S/C19H14Cl2N2O2/c1-2-10-25-15-8-6-13(7-9-15)11-14(12-22)19(24)23-17-5-3-4-16(20)18(17)21/h2-9,11H,1,10H2,(H,23,24)/b14-11-. The van der Waals surface area contributed by atoms with Crippen molar-refractivity contribution in [3.05, 3.63) is 76.3 Å². The number of benzene rings is 2. The summed E-state index contributed by atoms with van der Waals surface area (Å²) >= 11 is 11.9. The quantitative estimate of drug-likeness (QED) is 0.435. The van der Waals surface area contributed by atoms with E-state index >= 15 is 0 Å². The van der Waals surface area contributed by atoms with Crippen LogP contribution in [0, 0.1) is 11.3 Å². The van der Waals surface area contributed by atoms with Gasteiger partial charge >= 0.3 is 0 Å². The van der Waals surface area contributed by atoms with Crippen molar-refractivity contribution in [2.45, 2.75) is 0 Å². The van der Waals surface area contributed by atoms with Crippen LogP contribution in [0.5, 0.6) is 5.75 Å². The van der Waals surface area contributed by atoms with E-state index < -0.39 is 5.91 Å². The van der Waals surface area contributed by atoms with Crippen LogP contribution in [0.1, 0.15) is 5.56 Å². The summed E-state index contributed by atoms with van der Waals surface area (Å²) in [7, 11) is 0. The number of carbonyl (C=O) groups excluding carboxylic acids is 1. The number of nitriles is 1. The monoisotopic (exact) mass is 372 g/mol. The van der Waals surface area contributed by atoms with Crippen molar-refractivity contribution in [3.8, 4) is 11.8 Å². The molecule has 1 amide bonds. The maximum absolute atomic E-state index is 12.3. The third-order valence-corrected chi connectivity index (χ3v) is 3.94. The fourth-order valence-electron chi connectivity index (χ4n) is 1.92. The Balaban J connectivity index is 2.16. The topological polar surface area (TPSA) is 62.1 Å². The summed E-state index contributed by atoms with van der Waals surface area (Å²) in [6, 6.07) is 13.7. The Morgan fingerprint density at radius 1 is 1.24 bits per heavy atom. The molecule has 126 valence electrons. The van der Waals surface area contributed by atoms with Crippen molar-refractivity contribution >= 4 is 40.9 Å². The molecule has 0 aromatic heterocycles. The van der Waals surface area contributed by atoms with Crippen LogP contribution in [0.4, 0.5) is 5.69 Å². The number of halogens is 2. The van der Waals surface area contributed by atoms with Crippen LogP contribution in [0.3, 0.4) is 0 Å². The predicted octanol–water partition coefficient (Wildman–Crippen LogP) is 5.10. The van der Waals surface area contributed by atoms with Crippen LogP contribution in [0.25, 0.3) is 6.08 Å². The van der Waals surface area contributed by atoms with Gasteiger partial charge in [-0.25, -0.2) is 0 Å². The van der Waals surface area contributed by atoms with Gasteiger partial charge in [0.05, 0.1) is 15.7 Å². The Morgan fingerprint density at radius 2 is 1.96 bits per heavy atom. The summed E-state index contributed by atoms with van der Waals surface area (Å²) in [4.78, 5) is 12.3. The highest BCUT2D eigenvalue weighted by Crippen LogP contribution is 2.29. The molecule has 6 heteroatoms. The van der Waals surface area contributed by atoms with E-state index in [-0.39, 0.29) is 10.6 Å². The number of rotatable bonds is 6. The molecule has 4 nitrogen and oxygen atoms in total. The van der Waals surface area contributed by atoms with Gasteiger partial charge in [-0.05, 0) is 35.9 Å². The van der Waals surface area contributed by atoms with Crippen LogP contribution in [-0.2, 0) is 4.79 Å². The Kier molecular flexibility index (Phi) is 6.64. The molecule has 0 bridgehead atoms. The highest BCUT2D eigenvalue weighted by Gasteiger charge is 2.12. The van der Waals surface area contributed by atoms with E-state index in [1.807, 2.05) is 6.07 Å². The molecule has 0 unspecified atom stereocenters. The van der Waals surface area contributed by atoms with Gasteiger partial charge in [0.15, 0.2) is 0 Å². The average Bonchev–Trinajstić information content (AvgIpc) is 2.62. The zero-order valence-electron chi connectivity index (χ0n) is 13.1. The van der Waals surface area contributed by atoms with Gasteiger partial charge in [-0.3, -0.25) is 4.79 Å². The summed E-state index contributed by atoms with van der Waals surface area (Å²) in [6.07, 6.45) is 3.12. The molecule has 2 aromatic rings. The number of anilines is 1. The first-order valence-electron chi connectivity index (χ1n) is 7.26. The third-order valence-electron chi connectivity index (χ3n) is 3.12. The molecule has 2 aromatic carbocycles. The fraction of sp³-hybridized carbons (Fsp3) is 0.0526. The summed E-state index contributed by atoms with van der Waals surface area (Å²) < 4.78 is 5.38. The zero-order chi connectivity index (χ0) is 18.2. The molecule has 0 fully saturated rings. The number of amides is 1. The lowest BCUT2D eigenvalue weighted by Gasteiger charge is -2.07. The van der Waals surface area contributed by atoms with Crippen molar-refractivity contribution < 1.29 is 9.53 Å². The number of ether oxygens (including phenoxy) is 1. The van der Waals surface area contributed by atoms with Crippen LogP contribution >= 0.6 is 23.2 Å². The van der Waals surface area contributed by atoms with Gasteiger partial charge in [-0.1, -0.05) is 54.1 Å². The van der Waals surface area contributed by atoms with E-state index in [9.17, 15) is 10.1 Å². The second-order valence-electron chi connectivity index (χ2n) is 4.89. The van der Waals surface area contributed by atoms with Gasteiger partial charge < -0.3 is 10.1 Å². The first kappa shape index (κ1) is 18.6. The third kappa shape index (κ3) is 5.12. The molecular formula is C19H14Cl2N2O2. The molecule has 0 aliphatic rings. The molecule has 0 aliphatic carbocycles. The van der Waals surface area contributed by atoms with Crippen LogP contribution < -0.4 is 10.1 Å². The minimum absolute atomic E-state index is 0.0594. The number of hydrogen-bond donors (Lipinski definition) is 1. The molecule has 1 N–H and O–H groups in total. The molecular weight excluding hydrogens is 359 g/mol. The summed E-state index contributed by atoms with van der Waals surface area (Å²) in [5.74, 6) is 0.101. The molecule has 0 aliphatic heterocycles. The van der Waals surface area contributed by atoms with Gasteiger partial charge in [0.2, 0.25) is 0 Å². The molecule has 0 spiro atoms. The SMILES string of the molecule is C=CCOc1ccc(/C=C(/C#N)C(=O)Nc2cccc(Cl)c2Cl)cc1. The minimum Gasteiger partial charge on any atom is -0.490 e. The summed E-state index contributed by atoms with van der Waals surface area (Å²) in [5, 5.41) is 12.4. The highest BCUT2D eigenvalue weighted by atomic mass is 35.5. The smallest absolute Gasteiger partial charge is 0.266 e. The van der Waals surface area contributed by atoms with E-state index in [4.69, 9.17) is 27.9 Å². The molecule has 2 rings (SSSR count). The van der Waals surface area contributed by atoms with Gasteiger partial charge in [0.25, 0.3) is 5.91 Å². The van der Waals surface area contributed by atoms with Crippen LogP contribution in [0.15, 0.2) is 60.7 Å². The van der Waals surface area contributed by atoms with Crippen LogP contribution in [-0.4, -0.2) is 12.5 Å². The minimum atomic E-state index is -0.571. The normalized spacial score (nSPS) is 10.7. The zero-order valence-corrected chi connectivity index (χ0v) is 14.6. The van der Waals surface area contributed by atoms with Gasteiger partial charge in [-0.2, -0.15) is 5.26 Å². The first-order chi connectivity index (χ1) is 12.0. The maximum Gasteiger partial charge on any atom is 0.266 e. The largest absolute Gasteiger partial charge is 0.490 e. The fourth-order valence-corrected chi connectivity index (χ4v) is 2.27. The molecule has 25 heavy (non-hydrogen) atoms.